The van der Waals surface area contributed by atoms with Gasteiger partial charge in [-0.25, -0.2) is 0 Å². The Hall–Kier alpha value is 0.583. The van der Waals surface area contributed by atoms with E-state index < -0.39 is 0 Å². The first-order chi connectivity index (χ1) is 3.41. The summed E-state index contributed by atoms with van der Waals surface area (Å²) in [7, 11) is 0. The van der Waals surface area contributed by atoms with Gasteiger partial charge in [-0.2, -0.15) is 6.42 Å². The topological polar surface area (TPSA) is 26.0 Å². The zero-order chi connectivity index (χ0) is 5.54. The summed E-state index contributed by atoms with van der Waals surface area (Å²) in [5, 5.41) is 0. The van der Waals surface area contributed by atoms with E-state index in [1.807, 2.05) is 0 Å². The van der Waals surface area contributed by atoms with E-state index in [0.717, 1.165) is 6.42 Å². The van der Waals surface area contributed by atoms with Crippen molar-refractivity contribution in [2.45, 2.75) is 32.6 Å². The van der Waals surface area contributed by atoms with Gasteiger partial charge in [0.1, 0.15) is 0 Å². The average Bonchev–Trinajstić information content (AvgIpc) is 1.69. The maximum atomic E-state index is 5.14. The molecule has 0 saturated heterocycles. The predicted molar refractivity (Wildman–Crippen MR) is 32.6 cm³/mol. The number of hydrogen-bond donors (Lipinski definition) is 1. The van der Waals surface area contributed by atoms with Crippen LogP contribution in [0.15, 0.2) is 0 Å². The van der Waals surface area contributed by atoms with Gasteiger partial charge in [-0.3, -0.25) is 6.54 Å². The first-order valence-corrected chi connectivity index (χ1v) is 2.95. The van der Waals surface area contributed by atoms with Crippen LogP contribution < -0.4 is 5.73 Å². The summed E-state index contributed by atoms with van der Waals surface area (Å²) in [6.07, 6.45) is 4.93. The van der Waals surface area contributed by atoms with E-state index in [0.29, 0.717) is 0 Å². The van der Waals surface area contributed by atoms with Gasteiger partial charge in [-0.1, -0.05) is 26.2 Å². The zero-order valence-electron chi connectivity index (χ0n) is 5.34. The molecule has 0 aromatic rings. The summed E-state index contributed by atoms with van der Waals surface area (Å²) in [5.74, 6) is 0. The Morgan fingerprint density at radius 1 is 1.38 bits per heavy atom. The van der Waals surface area contributed by atoms with E-state index in [1.54, 1.807) is 6.54 Å². The smallest absolute Gasteiger partial charge is 0.483 e. The van der Waals surface area contributed by atoms with Gasteiger partial charge < -0.3 is 5.73 Å². The SMILES string of the molecule is CCCCC[CH-]N.[Ru+]. The minimum Gasteiger partial charge on any atom is -0.483 e. The molecule has 0 aliphatic rings. The van der Waals surface area contributed by atoms with Gasteiger partial charge in [-0.15, -0.1) is 0 Å². The van der Waals surface area contributed by atoms with Crippen LogP contribution in [-0.4, -0.2) is 0 Å². The zero-order valence-corrected chi connectivity index (χ0v) is 7.07. The summed E-state index contributed by atoms with van der Waals surface area (Å²) in [6, 6.07) is 0. The Morgan fingerprint density at radius 2 is 2.00 bits per heavy atom. The molecule has 0 unspecified atom stereocenters. The Bertz CT molecular complexity index is 27.7. The third-order valence-electron chi connectivity index (χ3n) is 0.974. The Kier molecular flexibility index (Phi) is 15.0. The molecule has 0 aliphatic heterocycles. The van der Waals surface area contributed by atoms with Crippen molar-refractivity contribution in [1.29, 1.82) is 0 Å². The Balaban J connectivity index is 0. The van der Waals surface area contributed by atoms with Crippen LogP contribution >= 0.6 is 0 Å². The van der Waals surface area contributed by atoms with Crippen molar-refractivity contribution < 1.29 is 19.5 Å². The average molecular weight is 201 g/mol. The van der Waals surface area contributed by atoms with E-state index >= 15 is 0 Å². The minimum absolute atomic E-state index is 0. The fraction of sp³-hybridized carbons (Fsp3) is 0.833. The second kappa shape index (κ2) is 10.5. The molecule has 2 heteroatoms. The van der Waals surface area contributed by atoms with E-state index in [4.69, 9.17) is 5.73 Å². The maximum Gasteiger partial charge on any atom is 1.00 e. The molecule has 0 aromatic heterocycles. The maximum absolute atomic E-state index is 5.14. The van der Waals surface area contributed by atoms with Gasteiger partial charge in [0.2, 0.25) is 0 Å². The van der Waals surface area contributed by atoms with Crippen LogP contribution in [0.25, 0.3) is 0 Å². The summed E-state index contributed by atoms with van der Waals surface area (Å²) in [5.41, 5.74) is 5.14. The molecule has 0 heterocycles. The number of rotatable bonds is 4. The monoisotopic (exact) mass is 202 g/mol. The molecule has 0 atom stereocenters. The molecule has 8 heavy (non-hydrogen) atoms. The van der Waals surface area contributed by atoms with Gasteiger partial charge in [-0.05, 0) is 0 Å². The van der Waals surface area contributed by atoms with E-state index in [-0.39, 0.29) is 19.5 Å². The predicted octanol–water partition coefficient (Wildman–Crippen LogP) is 1.68. The molecule has 2 N–H and O–H groups in total. The summed E-state index contributed by atoms with van der Waals surface area (Å²) in [6.45, 7) is 3.92. The molecule has 0 fully saturated rings. The van der Waals surface area contributed by atoms with Crippen LogP contribution in [0.5, 0.6) is 0 Å². The molecular formula is C6H14NRu. The summed E-state index contributed by atoms with van der Waals surface area (Å²) in [4.78, 5) is 0. The number of nitrogens with two attached hydrogens (primary N) is 1. The van der Waals surface area contributed by atoms with Gasteiger partial charge in [0.15, 0.2) is 0 Å². The molecule has 51 valence electrons. The third-order valence-corrected chi connectivity index (χ3v) is 0.974. The third kappa shape index (κ3) is 9.77. The van der Waals surface area contributed by atoms with Crippen molar-refractivity contribution in [3.63, 3.8) is 0 Å². The molecule has 1 radical (unpaired) electrons. The minimum atomic E-state index is 0. The van der Waals surface area contributed by atoms with Gasteiger partial charge >= 0.3 is 19.5 Å². The number of hydrogen-bond acceptors (Lipinski definition) is 1. The summed E-state index contributed by atoms with van der Waals surface area (Å²) >= 11 is 0. The Morgan fingerprint density at radius 3 is 2.38 bits per heavy atom. The molecule has 0 rings (SSSR count). The molecule has 0 bridgehead atoms. The second-order valence-electron chi connectivity index (χ2n) is 1.73. The quantitative estimate of drug-likeness (QED) is 0.418. The van der Waals surface area contributed by atoms with Gasteiger partial charge in [0.25, 0.3) is 0 Å². The van der Waals surface area contributed by atoms with E-state index in [9.17, 15) is 0 Å². The molecule has 0 amide bonds. The van der Waals surface area contributed by atoms with Crippen LogP contribution in [0.3, 0.4) is 0 Å². The molecule has 0 aliphatic carbocycles. The molecule has 0 saturated carbocycles. The van der Waals surface area contributed by atoms with E-state index in [1.165, 1.54) is 19.3 Å². The van der Waals surface area contributed by atoms with Crippen LogP contribution in [0.2, 0.25) is 0 Å². The standard InChI is InChI=1S/C6H14N.Ru/c1-2-3-4-5-6-7;/h6H,2-5,7H2,1H3;/q-1;+1. The van der Waals surface area contributed by atoms with Gasteiger partial charge in [0, 0.05) is 0 Å². The van der Waals surface area contributed by atoms with Crippen molar-refractivity contribution >= 4 is 0 Å². The van der Waals surface area contributed by atoms with Crippen LogP contribution in [-0.2, 0) is 19.5 Å². The molecule has 1 nitrogen and oxygen atoms in total. The van der Waals surface area contributed by atoms with Gasteiger partial charge in [0.05, 0.1) is 0 Å². The fourth-order valence-electron chi connectivity index (χ4n) is 0.512. The van der Waals surface area contributed by atoms with Crippen LogP contribution in [0.1, 0.15) is 32.6 Å². The molecule has 0 aromatic carbocycles. The van der Waals surface area contributed by atoms with Crippen LogP contribution in [0.4, 0.5) is 0 Å². The normalized spacial score (nSPS) is 8.25. The fourth-order valence-corrected chi connectivity index (χ4v) is 0.512. The largest absolute Gasteiger partial charge is 1.00 e. The van der Waals surface area contributed by atoms with Crippen molar-refractivity contribution in [2.75, 3.05) is 0 Å². The van der Waals surface area contributed by atoms with Crippen molar-refractivity contribution in [3.05, 3.63) is 6.54 Å². The van der Waals surface area contributed by atoms with E-state index in [2.05, 4.69) is 6.92 Å². The second-order valence-corrected chi connectivity index (χ2v) is 1.73. The first kappa shape index (κ1) is 11.4. The van der Waals surface area contributed by atoms with Crippen molar-refractivity contribution in [2.24, 2.45) is 5.73 Å². The summed E-state index contributed by atoms with van der Waals surface area (Å²) < 4.78 is 0. The molecular weight excluding hydrogens is 187 g/mol. The Labute approximate surface area is 64.8 Å². The van der Waals surface area contributed by atoms with Crippen molar-refractivity contribution in [3.8, 4) is 0 Å². The first-order valence-electron chi connectivity index (χ1n) is 2.95. The van der Waals surface area contributed by atoms with Crippen molar-refractivity contribution in [1.82, 2.24) is 0 Å². The number of unbranched alkanes of at least 4 members (excludes halogenated alkanes) is 3. The van der Waals surface area contributed by atoms with Crippen LogP contribution in [0, 0.1) is 6.54 Å². The molecule has 0 spiro atoms.